The van der Waals surface area contributed by atoms with Crippen molar-refractivity contribution in [3.8, 4) is 0 Å². The van der Waals surface area contributed by atoms with Gasteiger partial charge in [-0.1, -0.05) is 24.3 Å². The summed E-state index contributed by atoms with van der Waals surface area (Å²) in [4.78, 5) is 0. The van der Waals surface area contributed by atoms with Gasteiger partial charge in [-0.25, -0.2) is 0 Å². The molecule has 5 rings (SSSR count). The molecule has 0 bridgehead atoms. The van der Waals surface area contributed by atoms with Crippen molar-refractivity contribution in [2.45, 2.75) is 50.7 Å². The maximum Gasteiger partial charge on any atom is 0.169 e. The summed E-state index contributed by atoms with van der Waals surface area (Å²) in [6.07, 6.45) is 5.71. The molecule has 3 fully saturated rings. The van der Waals surface area contributed by atoms with Crippen LogP contribution in [0.1, 0.15) is 49.7 Å². The third kappa shape index (κ3) is 2.50. The van der Waals surface area contributed by atoms with E-state index in [1.54, 1.807) is 0 Å². The Morgan fingerprint density at radius 3 is 2.67 bits per heavy atom. The normalized spacial score (nSPS) is 42.4. The molecule has 0 radical (unpaired) electrons. The second-order valence-corrected chi connectivity index (χ2v) is 9.46. The molecule has 2 saturated carbocycles. The van der Waals surface area contributed by atoms with Gasteiger partial charge in [0.2, 0.25) is 0 Å². The van der Waals surface area contributed by atoms with Crippen LogP contribution in [-0.4, -0.2) is 37.3 Å². The Bertz CT molecular complexity index is 701. The molecular formula is C23H33NO3. The minimum atomic E-state index is -0.506. The van der Waals surface area contributed by atoms with Crippen LogP contribution in [0.2, 0.25) is 0 Å². The van der Waals surface area contributed by atoms with Crippen molar-refractivity contribution < 1.29 is 14.6 Å². The first-order chi connectivity index (χ1) is 13.1. The summed E-state index contributed by atoms with van der Waals surface area (Å²) < 4.78 is 12.2. The van der Waals surface area contributed by atoms with Crippen LogP contribution >= 0.6 is 0 Å². The van der Waals surface area contributed by atoms with Gasteiger partial charge in [-0.05, 0) is 85.8 Å². The van der Waals surface area contributed by atoms with Crippen molar-refractivity contribution in [3.05, 3.63) is 35.4 Å². The van der Waals surface area contributed by atoms with Gasteiger partial charge in [-0.2, -0.15) is 0 Å². The van der Waals surface area contributed by atoms with Gasteiger partial charge >= 0.3 is 0 Å². The maximum atomic E-state index is 10.4. The van der Waals surface area contributed by atoms with Crippen LogP contribution in [0, 0.1) is 29.1 Å². The molecule has 0 unspecified atom stereocenters. The number of nitrogens with two attached hydrogens (primary N) is 1. The Labute approximate surface area is 162 Å². The van der Waals surface area contributed by atoms with Crippen molar-refractivity contribution in [2.24, 2.45) is 34.8 Å². The zero-order valence-corrected chi connectivity index (χ0v) is 16.4. The summed E-state index contributed by atoms with van der Waals surface area (Å²) in [5.41, 5.74) is 9.54. The van der Waals surface area contributed by atoms with E-state index in [2.05, 4.69) is 31.2 Å². The molecule has 27 heavy (non-hydrogen) atoms. The van der Waals surface area contributed by atoms with Gasteiger partial charge in [0, 0.05) is 12.5 Å². The predicted molar refractivity (Wildman–Crippen MR) is 104 cm³/mol. The van der Waals surface area contributed by atoms with Crippen molar-refractivity contribution in [1.29, 1.82) is 0 Å². The molecule has 1 saturated heterocycles. The number of aliphatic hydroxyl groups is 1. The van der Waals surface area contributed by atoms with E-state index in [0.29, 0.717) is 43.4 Å². The highest BCUT2D eigenvalue weighted by atomic mass is 16.7. The maximum absolute atomic E-state index is 10.4. The standard InChI is InChI=1S/C23H33NO3/c1-22(26-10-11-27-22)20-9-8-19-18-7-6-15-4-2-3-5-17(15)21(18)16(13-25)12-23(19,20)14-24/h2-5,16,18-21,25H,6-14,24H2,1H3/t16-,18+,19+,20-,21-,23-/m1/s1. The van der Waals surface area contributed by atoms with Gasteiger partial charge < -0.3 is 20.3 Å². The van der Waals surface area contributed by atoms with Crippen molar-refractivity contribution in [3.63, 3.8) is 0 Å². The lowest BCUT2D eigenvalue weighted by Crippen LogP contribution is -2.56. The Balaban J connectivity index is 1.56. The van der Waals surface area contributed by atoms with E-state index in [4.69, 9.17) is 15.2 Å². The molecule has 1 aliphatic heterocycles. The number of hydrogen-bond acceptors (Lipinski definition) is 4. The molecule has 0 spiro atoms. The van der Waals surface area contributed by atoms with Gasteiger partial charge in [0.15, 0.2) is 5.79 Å². The lowest BCUT2D eigenvalue weighted by Gasteiger charge is -2.56. The first kappa shape index (κ1) is 18.1. The smallest absolute Gasteiger partial charge is 0.169 e. The highest BCUT2D eigenvalue weighted by Gasteiger charge is 2.64. The average Bonchev–Trinajstić information content (AvgIpc) is 3.31. The Morgan fingerprint density at radius 2 is 1.93 bits per heavy atom. The number of fused-ring (bicyclic) bond motifs is 5. The van der Waals surface area contributed by atoms with Crippen LogP contribution in [0.15, 0.2) is 24.3 Å². The molecule has 148 valence electrons. The minimum absolute atomic E-state index is 0.0277. The fourth-order valence-electron chi connectivity index (χ4n) is 7.67. The monoisotopic (exact) mass is 371 g/mol. The summed E-state index contributed by atoms with van der Waals surface area (Å²) in [6, 6.07) is 8.91. The van der Waals surface area contributed by atoms with Gasteiger partial charge in [-0.3, -0.25) is 0 Å². The summed E-state index contributed by atoms with van der Waals surface area (Å²) in [6.45, 7) is 4.41. The van der Waals surface area contributed by atoms with Gasteiger partial charge in [0.1, 0.15) is 0 Å². The fourth-order valence-corrected chi connectivity index (χ4v) is 7.67. The molecule has 4 heteroatoms. The van der Waals surface area contributed by atoms with E-state index in [0.717, 1.165) is 19.3 Å². The molecule has 1 aromatic carbocycles. The zero-order chi connectivity index (χ0) is 18.6. The van der Waals surface area contributed by atoms with Crippen LogP contribution in [0.5, 0.6) is 0 Å². The Morgan fingerprint density at radius 1 is 1.15 bits per heavy atom. The topological polar surface area (TPSA) is 64.7 Å². The van der Waals surface area contributed by atoms with E-state index in [9.17, 15) is 5.11 Å². The third-order valence-electron chi connectivity index (χ3n) is 8.60. The van der Waals surface area contributed by atoms with Crippen LogP contribution in [0.4, 0.5) is 0 Å². The van der Waals surface area contributed by atoms with E-state index in [-0.39, 0.29) is 17.9 Å². The highest BCUT2D eigenvalue weighted by Crippen LogP contribution is 2.66. The first-order valence-electron chi connectivity index (χ1n) is 10.8. The van der Waals surface area contributed by atoms with Crippen molar-refractivity contribution in [2.75, 3.05) is 26.4 Å². The highest BCUT2D eigenvalue weighted by molar-refractivity contribution is 5.36. The van der Waals surface area contributed by atoms with Crippen molar-refractivity contribution in [1.82, 2.24) is 0 Å². The lowest BCUT2D eigenvalue weighted by atomic mass is 9.49. The molecular weight excluding hydrogens is 338 g/mol. The number of hydrogen-bond donors (Lipinski definition) is 2. The molecule has 0 aromatic heterocycles. The molecule has 6 atom stereocenters. The van der Waals surface area contributed by atoms with E-state index in [1.807, 2.05) is 0 Å². The quantitative estimate of drug-likeness (QED) is 0.857. The van der Waals surface area contributed by atoms with Crippen LogP contribution < -0.4 is 5.73 Å². The minimum Gasteiger partial charge on any atom is -0.396 e. The predicted octanol–water partition coefficient (Wildman–Crippen LogP) is 3.08. The third-order valence-corrected chi connectivity index (χ3v) is 8.60. The van der Waals surface area contributed by atoms with Gasteiger partial charge in [-0.15, -0.1) is 0 Å². The number of aliphatic hydroxyl groups excluding tert-OH is 1. The molecule has 0 amide bonds. The molecule has 4 aliphatic rings. The summed E-state index contributed by atoms with van der Waals surface area (Å²) >= 11 is 0. The number of ether oxygens (including phenoxy) is 2. The van der Waals surface area contributed by atoms with Crippen molar-refractivity contribution >= 4 is 0 Å². The van der Waals surface area contributed by atoms with E-state index in [1.165, 1.54) is 24.0 Å². The van der Waals surface area contributed by atoms with Gasteiger partial charge in [0.25, 0.3) is 0 Å². The zero-order valence-electron chi connectivity index (χ0n) is 16.4. The van der Waals surface area contributed by atoms with Gasteiger partial charge in [0.05, 0.1) is 13.2 Å². The average molecular weight is 372 g/mol. The second-order valence-electron chi connectivity index (χ2n) is 9.46. The van der Waals surface area contributed by atoms with Crippen LogP contribution in [0.25, 0.3) is 0 Å². The van der Waals surface area contributed by atoms with Crippen LogP contribution in [0.3, 0.4) is 0 Å². The first-order valence-corrected chi connectivity index (χ1v) is 10.8. The van der Waals surface area contributed by atoms with E-state index >= 15 is 0 Å². The van der Waals surface area contributed by atoms with E-state index < -0.39 is 5.79 Å². The summed E-state index contributed by atoms with van der Waals surface area (Å²) in [7, 11) is 0. The fraction of sp³-hybridized carbons (Fsp3) is 0.739. The SMILES string of the molecule is CC1([C@H]2CC[C@H]3[C@@H]4CCc5ccccc5[C@H]4[C@@H](CO)C[C@]23CN)OCCO1. The number of benzene rings is 1. The summed E-state index contributed by atoms with van der Waals surface area (Å²) in [5.74, 6) is 1.80. The number of aryl methyl sites for hydroxylation is 1. The molecule has 1 aromatic rings. The lowest BCUT2D eigenvalue weighted by molar-refractivity contribution is -0.216. The number of rotatable bonds is 3. The molecule has 3 aliphatic carbocycles. The Kier molecular flexibility index (Phi) is 4.39. The largest absolute Gasteiger partial charge is 0.396 e. The molecule has 1 heterocycles. The van der Waals surface area contributed by atoms with Crippen LogP contribution in [-0.2, 0) is 15.9 Å². The summed E-state index contributed by atoms with van der Waals surface area (Å²) in [5, 5.41) is 10.4. The Hall–Kier alpha value is -0.940. The molecule has 3 N–H and O–H groups in total. The second kappa shape index (κ2) is 6.55. The molecule has 4 nitrogen and oxygen atoms in total.